The number of ketones is 3. The number of carbonyl (C=O) groups is 3. The summed E-state index contributed by atoms with van der Waals surface area (Å²) < 4.78 is 23.1. The molecule has 7 atom stereocenters. The third-order valence-corrected chi connectivity index (χ3v) is 10.3. The number of nitriles is 1. The molecule has 1 saturated heterocycles. The maximum Gasteiger partial charge on any atom is 0.202 e. The quantitative estimate of drug-likeness (QED) is 0.141. The fourth-order valence-electron chi connectivity index (χ4n) is 7.68. The summed E-state index contributed by atoms with van der Waals surface area (Å²) in [7, 11) is 2.83. The van der Waals surface area contributed by atoms with Gasteiger partial charge in [-0.3, -0.25) is 19.3 Å². The normalized spacial score (nSPS) is 25.8. The maximum atomic E-state index is 14.0. The first-order valence-electron chi connectivity index (χ1n) is 16.8. The van der Waals surface area contributed by atoms with E-state index in [1.807, 2.05) is 6.07 Å². The number of hydrogen-bond donors (Lipinski definition) is 5. The van der Waals surface area contributed by atoms with E-state index < -0.39 is 102 Å². The number of phenolic OH excluding ortho intramolecular Hbond substituents is 2. The van der Waals surface area contributed by atoms with Crippen LogP contribution in [0.3, 0.4) is 0 Å². The fraction of sp³-hybridized carbons (Fsp3) is 0.421. The minimum atomic E-state index is -2.32. The summed E-state index contributed by atoms with van der Waals surface area (Å²) in [6, 6.07) is 14.1. The van der Waals surface area contributed by atoms with Gasteiger partial charge in [-0.25, -0.2) is 0 Å². The predicted molar refractivity (Wildman–Crippen MR) is 181 cm³/mol. The summed E-state index contributed by atoms with van der Waals surface area (Å²) in [6.45, 7) is 1.01. The predicted octanol–water partition coefficient (Wildman–Crippen LogP) is 2.26. The molecule has 2 aliphatic carbocycles. The minimum absolute atomic E-state index is 0.0435. The highest BCUT2D eigenvalue weighted by Gasteiger charge is 2.51. The summed E-state index contributed by atoms with van der Waals surface area (Å²) in [5.41, 5.74) is -3.21. The van der Waals surface area contributed by atoms with Gasteiger partial charge in [0.1, 0.15) is 35.5 Å². The number of methoxy groups -OCH3 is 2. The van der Waals surface area contributed by atoms with Gasteiger partial charge in [0, 0.05) is 55.6 Å². The number of rotatable bonds is 11. The molecule has 5 N–H and O–H groups in total. The summed E-state index contributed by atoms with van der Waals surface area (Å²) in [6.07, 6.45) is -5.79. The van der Waals surface area contributed by atoms with Gasteiger partial charge >= 0.3 is 0 Å². The molecule has 1 heterocycles. The highest BCUT2D eigenvalue weighted by atomic mass is 16.7. The third-order valence-electron chi connectivity index (χ3n) is 10.3. The van der Waals surface area contributed by atoms with Crippen LogP contribution in [0.4, 0.5) is 0 Å². The van der Waals surface area contributed by atoms with E-state index >= 15 is 0 Å². The number of Topliss-reactive ketones (excluding diaryl/α,β-unsaturated/α-hetero) is 1. The average Bonchev–Trinajstić information content (AvgIpc) is 3.14. The minimum Gasteiger partial charge on any atom is -0.507 e. The molecule has 0 radical (unpaired) electrons. The first-order chi connectivity index (χ1) is 24.9. The van der Waals surface area contributed by atoms with E-state index in [4.69, 9.17) is 18.9 Å². The number of benzene rings is 3. The van der Waals surface area contributed by atoms with Gasteiger partial charge < -0.3 is 44.5 Å². The van der Waals surface area contributed by atoms with Gasteiger partial charge in [0.15, 0.2) is 17.9 Å². The van der Waals surface area contributed by atoms with Crippen molar-refractivity contribution in [3.63, 3.8) is 0 Å². The number of nitrogens with zero attached hydrogens (tertiary/aromatic N) is 2. The Hall–Kier alpha value is -4.72. The smallest absolute Gasteiger partial charge is 0.202 e. The van der Waals surface area contributed by atoms with Crippen molar-refractivity contribution >= 4 is 17.3 Å². The Balaban J connectivity index is 1.43. The Kier molecular flexibility index (Phi) is 10.5. The lowest BCUT2D eigenvalue weighted by Crippen LogP contribution is -2.57. The number of ether oxygens (including phenoxy) is 4. The Morgan fingerprint density at radius 2 is 1.77 bits per heavy atom. The van der Waals surface area contributed by atoms with Gasteiger partial charge in [0.05, 0.1) is 54.8 Å². The van der Waals surface area contributed by atoms with Crippen LogP contribution in [0, 0.1) is 11.3 Å². The molecule has 6 rings (SSSR count). The molecule has 3 aromatic rings. The summed E-state index contributed by atoms with van der Waals surface area (Å²) in [4.78, 5) is 42.6. The number of aromatic hydroxyl groups is 2. The highest BCUT2D eigenvalue weighted by Crippen LogP contribution is 2.52. The van der Waals surface area contributed by atoms with Crippen LogP contribution >= 0.6 is 0 Å². The topological polar surface area (TPSA) is 216 Å². The van der Waals surface area contributed by atoms with E-state index in [2.05, 4.69) is 6.07 Å². The van der Waals surface area contributed by atoms with Crippen molar-refractivity contribution in [3.05, 3.63) is 87.5 Å². The molecule has 0 amide bonds. The molecule has 52 heavy (non-hydrogen) atoms. The molecule has 14 nitrogen and oxygen atoms in total. The van der Waals surface area contributed by atoms with Crippen molar-refractivity contribution in [2.24, 2.45) is 0 Å². The van der Waals surface area contributed by atoms with Gasteiger partial charge in [-0.15, -0.1) is 0 Å². The molecule has 0 spiro atoms. The Bertz CT molecular complexity index is 1930. The molecule has 0 bridgehead atoms. The summed E-state index contributed by atoms with van der Waals surface area (Å²) in [5, 5.41) is 66.7. The van der Waals surface area contributed by atoms with Crippen molar-refractivity contribution in [2.75, 3.05) is 34.0 Å². The van der Waals surface area contributed by atoms with E-state index in [9.17, 15) is 45.2 Å². The largest absolute Gasteiger partial charge is 0.507 e. The van der Waals surface area contributed by atoms with Gasteiger partial charge in [-0.1, -0.05) is 42.5 Å². The number of phenols is 2. The molecule has 3 aromatic carbocycles. The van der Waals surface area contributed by atoms with E-state index in [-0.39, 0.29) is 47.6 Å². The van der Waals surface area contributed by atoms with Gasteiger partial charge in [-0.2, -0.15) is 5.26 Å². The lowest BCUT2D eigenvalue weighted by molar-refractivity contribution is -0.260. The van der Waals surface area contributed by atoms with Crippen LogP contribution in [0.15, 0.2) is 48.5 Å². The van der Waals surface area contributed by atoms with Gasteiger partial charge in [0.2, 0.25) is 5.78 Å². The third kappa shape index (κ3) is 6.24. The molecule has 14 heteroatoms. The maximum absolute atomic E-state index is 14.0. The molecule has 0 saturated carbocycles. The van der Waals surface area contributed by atoms with E-state index in [0.717, 1.165) is 0 Å². The van der Waals surface area contributed by atoms with E-state index in [0.29, 0.717) is 5.56 Å². The SMILES string of the molecule is COCCN(C(C#N)c1ccccc1)C1CC(O[C@H]2C[C@](O)(C(=O)CO)Cc3c(O)c4c(c(O)c32)C(=O)c2c(OC)cccc2C4=O)OC(C)C1O. The zero-order valence-corrected chi connectivity index (χ0v) is 28.8. The molecular formula is C38H40N2O12. The number of carbonyl (C=O) groups excluding carboxylic acids is 3. The van der Waals surface area contributed by atoms with Crippen molar-refractivity contribution in [2.45, 2.75) is 68.5 Å². The second-order valence-corrected chi connectivity index (χ2v) is 13.2. The van der Waals surface area contributed by atoms with Crippen LogP contribution in [-0.2, 0) is 25.4 Å². The molecule has 5 unspecified atom stereocenters. The molecule has 3 aliphatic rings. The molecular weight excluding hydrogens is 676 g/mol. The second-order valence-electron chi connectivity index (χ2n) is 13.2. The van der Waals surface area contributed by atoms with Crippen LogP contribution in [0.1, 0.15) is 80.4 Å². The van der Waals surface area contributed by atoms with Crippen molar-refractivity contribution in [3.8, 4) is 23.3 Å². The van der Waals surface area contributed by atoms with Crippen molar-refractivity contribution < 1.29 is 58.9 Å². The number of fused-ring (bicyclic) bond motifs is 3. The van der Waals surface area contributed by atoms with Crippen LogP contribution in [0.5, 0.6) is 17.2 Å². The van der Waals surface area contributed by atoms with E-state index in [1.54, 1.807) is 36.1 Å². The lowest BCUT2D eigenvalue weighted by atomic mass is 9.72. The van der Waals surface area contributed by atoms with Crippen LogP contribution in [0.2, 0.25) is 0 Å². The summed E-state index contributed by atoms with van der Waals surface area (Å²) >= 11 is 0. The van der Waals surface area contributed by atoms with Crippen LogP contribution in [-0.4, -0.2) is 112 Å². The first-order valence-corrected chi connectivity index (χ1v) is 16.8. The Labute approximate surface area is 299 Å². The zero-order valence-electron chi connectivity index (χ0n) is 28.8. The van der Waals surface area contributed by atoms with Gasteiger partial charge in [-0.05, 0) is 18.6 Å². The highest BCUT2D eigenvalue weighted by molar-refractivity contribution is 6.31. The number of aliphatic hydroxyl groups excluding tert-OH is 2. The van der Waals surface area contributed by atoms with Crippen molar-refractivity contribution in [1.82, 2.24) is 4.90 Å². The molecule has 274 valence electrons. The standard InChI is InChI=1S/C38H40N2O12/c1-19-33(43)23(40(12-13-49-2)24(17-39)20-8-5-4-6-9-20)14-28(51-19)52-26-16-38(48,27(42)18-41)15-22-30(26)37(47)32-31(35(22)45)34(44)21-10-7-11-25(50-3)29(21)36(32)46/h4-11,19,23-24,26,28,33,41,43,45,47-48H,12-16,18H2,1-3H3/t19?,23?,24?,26-,28?,33?,38-/m0/s1. The zero-order chi connectivity index (χ0) is 37.5. The molecule has 0 aromatic heterocycles. The van der Waals surface area contributed by atoms with Crippen molar-refractivity contribution in [1.29, 1.82) is 5.26 Å². The number of hydrogen-bond acceptors (Lipinski definition) is 14. The first kappa shape index (κ1) is 37.1. The molecule has 1 aliphatic heterocycles. The van der Waals surface area contributed by atoms with Gasteiger partial charge in [0.25, 0.3) is 0 Å². The monoisotopic (exact) mass is 716 g/mol. The Morgan fingerprint density at radius 3 is 2.42 bits per heavy atom. The van der Waals surface area contributed by atoms with E-state index in [1.165, 1.54) is 32.4 Å². The fourth-order valence-corrected chi connectivity index (χ4v) is 7.68. The molecule has 1 fully saturated rings. The summed E-state index contributed by atoms with van der Waals surface area (Å²) in [5.74, 6) is -3.95. The number of aliphatic hydroxyl groups is 3. The Morgan fingerprint density at radius 1 is 1.06 bits per heavy atom. The second kappa shape index (κ2) is 14.7. The van der Waals surface area contributed by atoms with Crippen LogP contribution < -0.4 is 4.74 Å². The average molecular weight is 717 g/mol. The van der Waals surface area contributed by atoms with Crippen LogP contribution in [0.25, 0.3) is 0 Å². The lowest BCUT2D eigenvalue weighted by Gasteiger charge is -2.46.